The normalized spacial score (nSPS) is 18.5. The lowest BCUT2D eigenvalue weighted by molar-refractivity contribution is 0.411. The van der Waals surface area contributed by atoms with Crippen LogP contribution in [0.4, 0.5) is 5.95 Å². The Kier molecular flexibility index (Phi) is 3.48. The van der Waals surface area contributed by atoms with Gasteiger partial charge in [-0.1, -0.05) is 12.1 Å². The van der Waals surface area contributed by atoms with Gasteiger partial charge in [-0.25, -0.2) is 15.0 Å². The minimum atomic E-state index is 0.292. The van der Waals surface area contributed by atoms with E-state index < -0.39 is 0 Å². The van der Waals surface area contributed by atoms with E-state index in [9.17, 15) is 0 Å². The van der Waals surface area contributed by atoms with Gasteiger partial charge in [0.2, 0.25) is 5.95 Å². The average Bonchev–Trinajstić information content (AvgIpc) is 2.98. The Morgan fingerprint density at radius 2 is 1.87 bits per heavy atom. The molecule has 0 aliphatic carbocycles. The Morgan fingerprint density at radius 3 is 2.65 bits per heavy atom. The molecule has 5 heteroatoms. The number of fused-ring (bicyclic) bond motifs is 1. The summed E-state index contributed by atoms with van der Waals surface area (Å²) in [5, 5.41) is 0. The SMILES string of the molecule is Cc1cc(C)nc(N2CCCC(c3nc4ccccc4o3)C2)n1. The van der Waals surface area contributed by atoms with Gasteiger partial charge >= 0.3 is 0 Å². The van der Waals surface area contributed by atoms with Gasteiger partial charge in [-0.3, -0.25) is 0 Å². The van der Waals surface area contributed by atoms with E-state index in [0.717, 1.165) is 60.3 Å². The van der Waals surface area contributed by atoms with Crippen molar-refractivity contribution in [3.63, 3.8) is 0 Å². The van der Waals surface area contributed by atoms with Gasteiger partial charge in [-0.2, -0.15) is 0 Å². The lowest BCUT2D eigenvalue weighted by Gasteiger charge is -2.31. The number of benzene rings is 1. The summed E-state index contributed by atoms with van der Waals surface area (Å²) in [4.78, 5) is 16.1. The summed E-state index contributed by atoms with van der Waals surface area (Å²) in [6.45, 7) is 5.87. The quantitative estimate of drug-likeness (QED) is 0.723. The number of piperidine rings is 1. The van der Waals surface area contributed by atoms with Crippen molar-refractivity contribution in [1.29, 1.82) is 0 Å². The summed E-state index contributed by atoms with van der Waals surface area (Å²) < 4.78 is 5.96. The van der Waals surface area contributed by atoms with Gasteiger partial charge < -0.3 is 9.32 Å². The third-order valence-electron chi connectivity index (χ3n) is 4.33. The first kappa shape index (κ1) is 14.2. The predicted octanol–water partition coefficient (Wildman–Crippen LogP) is 3.62. The Balaban J connectivity index is 1.61. The Labute approximate surface area is 135 Å². The highest BCUT2D eigenvalue weighted by Crippen LogP contribution is 2.30. The number of oxazole rings is 1. The van der Waals surface area contributed by atoms with Gasteiger partial charge in [0.05, 0.1) is 5.92 Å². The van der Waals surface area contributed by atoms with Crippen LogP contribution in [0.1, 0.15) is 36.0 Å². The summed E-state index contributed by atoms with van der Waals surface area (Å²) in [5.74, 6) is 1.95. The van der Waals surface area contributed by atoms with Crippen LogP contribution in [0.15, 0.2) is 34.7 Å². The Hall–Kier alpha value is -2.43. The minimum Gasteiger partial charge on any atom is -0.440 e. The van der Waals surface area contributed by atoms with E-state index in [-0.39, 0.29) is 0 Å². The number of hydrogen-bond donors (Lipinski definition) is 0. The minimum absolute atomic E-state index is 0.292. The second-order valence-electron chi connectivity index (χ2n) is 6.26. The van der Waals surface area contributed by atoms with Crippen molar-refractivity contribution in [1.82, 2.24) is 15.0 Å². The van der Waals surface area contributed by atoms with Crippen LogP contribution in [0.2, 0.25) is 0 Å². The maximum Gasteiger partial charge on any atom is 0.225 e. The monoisotopic (exact) mass is 308 g/mol. The summed E-state index contributed by atoms with van der Waals surface area (Å²) in [5.41, 5.74) is 3.82. The highest BCUT2D eigenvalue weighted by molar-refractivity contribution is 5.72. The highest BCUT2D eigenvalue weighted by Gasteiger charge is 2.27. The van der Waals surface area contributed by atoms with Crippen LogP contribution < -0.4 is 4.90 Å². The second-order valence-corrected chi connectivity index (χ2v) is 6.26. The number of rotatable bonds is 2. The molecule has 1 aromatic carbocycles. The van der Waals surface area contributed by atoms with Crippen molar-refractivity contribution in [2.75, 3.05) is 18.0 Å². The van der Waals surface area contributed by atoms with Gasteiger partial charge in [0, 0.05) is 24.5 Å². The zero-order valence-electron chi connectivity index (χ0n) is 13.5. The zero-order chi connectivity index (χ0) is 15.8. The highest BCUT2D eigenvalue weighted by atomic mass is 16.3. The molecule has 1 aliphatic heterocycles. The van der Waals surface area contributed by atoms with Crippen molar-refractivity contribution in [2.24, 2.45) is 0 Å². The number of nitrogens with zero attached hydrogens (tertiary/aromatic N) is 4. The predicted molar refractivity (Wildman–Crippen MR) is 89.7 cm³/mol. The molecule has 0 radical (unpaired) electrons. The molecular formula is C18H20N4O. The van der Waals surface area contributed by atoms with E-state index in [1.165, 1.54) is 0 Å². The number of aromatic nitrogens is 3. The van der Waals surface area contributed by atoms with Crippen LogP contribution >= 0.6 is 0 Å². The van der Waals surface area contributed by atoms with E-state index in [4.69, 9.17) is 4.42 Å². The molecule has 1 unspecified atom stereocenters. The molecule has 4 rings (SSSR count). The number of anilines is 1. The first-order chi connectivity index (χ1) is 11.2. The fourth-order valence-electron chi connectivity index (χ4n) is 3.27. The van der Waals surface area contributed by atoms with E-state index in [0.29, 0.717) is 5.92 Å². The zero-order valence-corrected chi connectivity index (χ0v) is 13.5. The van der Waals surface area contributed by atoms with Gasteiger partial charge in [0.15, 0.2) is 11.5 Å². The van der Waals surface area contributed by atoms with Crippen LogP contribution in [0.5, 0.6) is 0 Å². The molecule has 118 valence electrons. The molecule has 3 heterocycles. The molecule has 5 nitrogen and oxygen atoms in total. The molecule has 1 saturated heterocycles. The Bertz CT molecular complexity index is 789. The fourth-order valence-corrected chi connectivity index (χ4v) is 3.27. The summed E-state index contributed by atoms with van der Waals surface area (Å²) in [6, 6.07) is 9.94. The Morgan fingerprint density at radius 1 is 1.09 bits per heavy atom. The first-order valence-corrected chi connectivity index (χ1v) is 8.12. The van der Waals surface area contributed by atoms with E-state index in [1.54, 1.807) is 0 Å². The molecule has 0 spiro atoms. The van der Waals surface area contributed by atoms with Gasteiger partial charge in [-0.15, -0.1) is 0 Å². The average molecular weight is 308 g/mol. The molecular weight excluding hydrogens is 288 g/mol. The molecule has 0 bridgehead atoms. The van der Waals surface area contributed by atoms with Crippen LogP contribution in [0.25, 0.3) is 11.1 Å². The van der Waals surface area contributed by atoms with Crippen molar-refractivity contribution >= 4 is 17.0 Å². The van der Waals surface area contributed by atoms with Crippen molar-refractivity contribution < 1.29 is 4.42 Å². The molecule has 3 aromatic rings. The van der Waals surface area contributed by atoms with Crippen LogP contribution in [0.3, 0.4) is 0 Å². The summed E-state index contributed by atoms with van der Waals surface area (Å²) in [7, 11) is 0. The number of hydrogen-bond acceptors (Lipinski definition) is 5. The van der Waals surface area contributed by atoms with E-state index >= 15 is 0 Å². The van der Waals surface area contributed by atoms with Gasteiger partial charge in [0.25, 0.3) is 0 Å². The van der Waals surface area contributed by atoms with E-state index in [2.05, 4.69) is 19.9 Å². The molecule has 1 atom stereocenters. The largest absolute Gasteiger partial charge is 0.440 e. The molecule has 0 saturated carbocycles. The molecule has 2 aromatic heterocycles. The third-order valence-corrected chi connectivity index (χ3v) is 4.33. The standard InChI is InChI=1S/C18H20N4O/c1-12-10-13(2)20-18(19-12)22-9-5-6-14(11-22)17-21-15-7-3-4-8-16(15)23-17/h3-4,7-8,10,14H,5-6,9,11H2,1-2H3. The summed E-state index contributed by atoms with van der Waals surface area (Å²) >= 11 is 0. The maximum atomic E-state index is 5.96. The van der Waals surface area contributed by atoms with Crippen LogP contribution in [-0.4, -0.2) is 28.0 Å². The first-order valence-electron chi connectivity index (χ1n) is 8.12. The topological polar surface area (TPSA) is 55.1 Å². The third kappa shape index (κ3) is 2.79. The van der Waals surface area contributed by atoms with Gasteiger partial charge in [-0.05, 0) is 44.9 Å². The second kappa shape index (κ2) is 5.65. The van der Waals surface area contributed by atoms with Crippen molar-refractivity contribution in [3.8, 4) is 0 Å². The molecule has 0 N–H and O–H groups in total. The lowest BCUT2D eigenvalue weighted by Crippen LogP contribution is -2.35. The van der Waals surface area contributed by atoms with Gasteiger partial charge in [0.1, 0.15) is 5.52 Å². The summed E-state index contributed by atoms with van der Waals surface area (Å²) in [6.07, 6.45) is 2.19. The number of aryl methyl sites for hydroxylation is 2. The van der Waals surface area contributed by atoms with Crippen LogP contribution in [-0.2, 0) is 0 Å². The molecule has 1 fully saturated rings. The smallest absolute Gasteiger partial charge is 0.225 e. The molecule has 1 aliphatic rings. The fraction of sp³-hybridized carbons (Fsp3) is 0.389. The van der Waals surface area contributed by atoms with Crippen molar-refractivity contribution in [3.05, 3.63) is 47.6 Å². The van der Waals surface area contributed by atoms with Crippen molar-refractivity contribution in [2.45, 2.75) is 32.6 Å². The number of para-hydroxylation sites is 2. The lowest BCUT2D eigenvalue weighted by atomic mass is 9.98. The van der Waals surface area contributed by atoms with E-state index in [1.807, 2.05) is 44.2 Å². The maximum absolute atomic E-state index is 5.96. The van der Waals surface area contributed by atoms with Crippen LogP contribution in [0, 0.1) is 13.8 Å². The molecule has 23 heavy (non-hydrogen) atoms. The molecule has 0 amide bonds.